The second kappa shape index (κ2) is 3.17. The molecule has 0 spiro atoms. The minimum atomic E-state index is -0.926. The number of hydrogen-bond acceptors (Lipinski definition) is 3. The van der Waals surface area contributed by atoms with Crippen LogP contribution in [0.4, 0.5) is 9.59 Å². The Bertz CT molecular complexity index is 299. The molecule has 78 valence electrons. The molecule has 0 bridgehead atoms. The van der Waals surface area contributed by atoms with Crippen molar-refractivity contribution in [1.82, 2.24) is 14.7 Å². The molecule has 1 aliphatic rings. The summed E-state index contributed by atoms with van der Waals surface area (Å²) in [6.07, 6.45) is -0.926. The largest absolute Gasteiger partial charge is 0.351 e. The zero-order valence-electron chi connectivity index (χ0n) is 8.22. The van der Waals surface area contributed by atoms with Crippen LogP contribution in [0.15, 0.2) is 0 Å². The predicted molar refractivity (Wildman–Crippen MR) is 47.1 cm³/mol. The van der Waals surface area contributed by atoms with E-state index in [1.807, 2.05) is 0 Å². The molecule has 0 saturated carbocycles. The number of rotatable bonds is 1. The fourth-order valence-corrected chi connectivity index (χ4v) is 1.32. The van der Waals surface area contributed by atoms with E-state index in [1.54, 1.807) is 0 Å². The Balaban J connectivity index is 2.95. The third kappa shape index (κ3) is 1.26. The first kappa shape index (κ1) is 10.3. The number of likely N-dealkylation sites (N-methyl/N-ethyl adjacent to an activating group) is 3. The van der Waals surface area contributed by atoms with Crippen LogP contribution in [0.1, 0.15) is 0 Å². The number of urea groups is 2. The van der Waals surface area contributed by atoms with Crippen LogP contribution in [0.5, 0.6) is 0 Å². The molecule has 1 unspecified atom stereocenters. The quantitative estimate of drug-likeness (QED) is 0.542. The Hall–Kier alpha value is -1.79. The molecule has 1 fully saturated rings. The van der Waals surface area contributed by atoms with Crippen molar-refractivity contribution in [3.8, 4) is 0 Å². The summed E-state index contributed by atoms with van der Waals surface area (Å²) in [7, 11) is 4.16. The van der Waals surface area contributed by atoms with Gasteiger partial charge in [-0.1, -0.05) is 0 Å². The Morgan fingerprint density at radius 1 is 1.43 bits per heavy atom. The minimum absolute atomic E-state index is 0.451. The molecule has 0 aromatic rings. The van der Waals surface area contributed by atoms with Gasteiger partial charge in [-0.25, -0.2) is 9.59 Å². The van der Waals surface area contributed by atoms with Crippen LogP contribution in [0, 0.1) is 0 Å². The van der Waals surface area contributed by atoms with E-state index in [-0.39, 0.29) is 0 Å². The van der Waals surface area contributed by atoms with Crippen LogP contribution >= 0.6 is 0 Å². The summed E-state index contributed by atoms with van der Waals surface area (Å²) >= 11 is 0. The molecule has 7 nitrogen and oxygen atoms in total. The van der Waals surface area contributed by atoms with Crippen LogP contribution < -0.4 is 5.73 Å². The average Bonchev–Trinajstić information content (AvgIpc) is 2.30. The van der Waals surface area contributed by atoms with Gasteiger partial charge in [0.05, 0.1) is 0 Å². The smallest absolute Gasteiger partial charge is 0.328 e. The number of carbonyl (C=O) groups is 3. The number of nitrogens with two attached hydrogens (primary N) is 1. The summed E-state index contributed by atoms with van der Waals surface area (Å²) in [5, 5.41) is 0. The second-order valence-electron chi connectivity index (χ2n) is 3.11. The first-order valence-corrected chi connectivity index (χ1v) is 3.94. The van der Waals surface area contributed by atoms with Crippen molar-refractivity contribution in [3.63, 3.8) is 0 Å². The summed E-state index contributed by atoms with van der Waals surface area (Å²) in [6, 6.07) is -1.20. The lowest BCUT2D eigenvalue weighted by atomic mass is 10.4. The highest BCUT2D eigenvalue weighted by atomic mass is 16.2. The van der Waals surface area contributed by atoms with Crippen LogP contribution in [-0.2, 0) is 4.79 Å². The summed E-state index contributed by atoms with van der Waals surface area (Å²) in [5.74, 6) is -0.459. The third-order valence-electron chi connectivity index (χ3n) is 2.22. The van der Waals surface area contributed by atoms with Gasteiger partial charge < -0.3 is 5.73 Å². The first-order chi connectivity index (χ1) is 6.37. The van der Waals surface area contributed by atoms with Gasteiger partial charge in [-0.3, -0.25) is 19.5 Å². The number of amides is 5. The van der Waals surface area contributed by atoms with Gasteiger partial charge in [0, 0.05) is 21.1 Å². The molecule has 1 aliphatic heterocycles. The summed E-state index contributed by atoms with van der Waals surface area (Å²) in [6.45, 7) is 0. The van der Waals surface area contributed by atoms with Gasteiger partial charge in [0.25, 0.3) is 5.91 Å². The highest BCUT2D eigenvalue weighted by Gasteiger charge is 2.44. The van der Waals surface area contributed by atoms with E-state index in [0.717, 1.165) is 14.7 Å². The maximum Gasteiger partial charge on any atom is 0.328 e. The van der Waals surface area contributed by atoms with Crippen LogP contribution in [0.2, 0.25) is 0 Å². The van der Waals surface area contributed by atoms with Crippen LogP contribution in [-0.4, -0.2) is 60.0 Å². The molecule has 1 rings (SSSR count). The zero-order chi connectivity index (χ0) is 11.0. The molecule has 1 heterocycles. The molecule has 0 aromatic heterocycles. The monoisotopic (exact) mass is 200 g/mol. The van der Waals surface area contributed by atoms with Gasteiger partial charge in [0.2, 0.25) is 0 Å². The van der Waals surface area contributed by atoms with Crippen molar-refractivity contribution in [1.29, 1.82) is 0 Å². The van der Waals surface area contributed by atoms with Gasteiger partial charge in [0.15, 0.2) is 6.17 Å². The lowest BCUT2D eigenvalue weighted by Crippen LogP contribution is -2.50. The SMILES string of the molecule is CN1C(=O)C(N(C)C(N)=O)N(C)C1=O. The van der Waals surface area contributed by atoms with E-state index in [9.17, 15) is 14.4 Å². The van der Waals surface area contributed by atoms with E-state index in [0.29, 0.717) is 0 Å². The average molecular weight is 200 g/mol. The van der Waals surface area contributed by atoms with Crippen molar-refractivity contribution >= 4 is 18.0 Å². The Kier molecular flexibility index (Phi) is 2.33. The van der Waals surface area contributed by atoms with E-state index in [1.165, 1.54) is 21.1 Å². The lowest BCUT2D eigenvalue weighted by molar-refractivity contribution is -0.130. The fraction of sp³-hybridized carbons (Fsp3) is 0.571. The molecule has 2 N–H and O–H groups in total. The van der Waals surface area contributed by atoms with Crippen molar-refractivity contribution in [2.45, 2.75) is 6.17 Å². The molecule has 0 aromatic carbocycles. The number of imide groups is 1. The first-order valence-electron chi connectivity index (χ1n) is 3.94. The van der Waals surface area contributed by atoms with E-state index in [2.05, 4.69) is 0 Å². The van der Waals surface area contributed by atoms with Gasteiger partial charge in [-0.05, 0) is 0 Å². The lowest BCUT2D eigenvalue weighted by Gasteiger charge is -2.24. The van der Waals surface area contributed by atoms with E-state index in [4.69, 9.17) is 5.73 Å². The van der Waals surface area contributed by atoms with Crippen molar-refractivity contribution in [2.24, 2.45) is 5.73 Å². The fourth-order valence-electron chi connectivity index (χ4n) is 1.32. The topological polar surface area (TPSA) is 87.0 Å². The number of primary amides is 1. The van der Waals surface area contributed by atoms with Gasteiger partial charge in [0.1, 0.15) is 0 Å². The minimum Gasteiger partial charge on any atom is -0.351 e. The molecule has 1 atom stereocenters. The van der Waals surface area contributed by atoms with Gasteiger partial charge in [-0.15, -0.1) is 0 Å². The second-order valence-corrected chi connectivity index (χ2v) is 3.11. The maximum absolute atomic E-state index is 11.5. The Morgan fingerprint density at radius 3 is 2.21 bits per heavy atom. The highest BCUT2D eigenvalue weighted by Crippen LogP contribution is 2.15. The van der Waals surface area contributed by atoms with Crippen LogP contribution in [0.25, 0.3) is 0 Å². The Morgan fingerprint density at radius 2 is 1.93 bits per heavy atom. The Labute approximate surface area is 81.0 Å². The van der Waals surface area contributed by atoms with Gasteiger partial charge >= 0.3 is 12.1 Å². The normalized spacial score (nSPS) is 21.8. The molecule has 14 heavy (non-hydrogen) atoms. The highest BCUT2D eigenvalue weighted by molar-refractivity contribution is 6.04. The van der Waals surface area contributed by atoms with E-state index < -0.39 is 24.1 Å². The molecule has 7 heteroatoms. The van der Waals surface area contributed by atoms with Crippen molar-refractivity contribution in [2.75, 3.05) is 21.1 Å². The van der Waals surface area contributed by atoms with Crippen LogP contribution in [0.3, 0.4) is 0 Å². The zero-order valence-corrected chi connectivity index (χ0v) is 8.22. The maximum atomic E-state index is 11.5. The number of carbonyl (C=O) groups excluding carboxylic acids is 3. The van der Waals surface area contributed by atoms with Gasteiger partial charge in [-0.2, -0.15) is 0 Å². The molecule has 0 aliphatic carbocycles. The molecule has 1 saturated heterocycles. The number of hydrogen-bond donors (Lipinski definition) is 1. The molecular weight excluding hydrogens is 188 g/mol. The standard InChI is InChI=1S/C7H12N4O3/c1-9(6(8)13)4-5(12)11(3)7(14)10(4)2/h4H,1-3H3,(H2,8,13). The third-order valence-corrected chi connectivity index (χ3v) is 2.22. The van der Waals surface area contributed by atoms with Crippen molar-refractivity contribution in [3.05, 3.63) is 0 Å². The summed E-state index contributed by atoms with van der Waals surface area (Å²) in [5.41, 5.74) is 5.01. The number of nitrogens with zero attached hydrogens (tertiary/aromatic N) is 3. The predicted octanol–water partition coefficient (Wildman–Crippen LogP) is -1.15. The molecular formula is C7H12N4O3. The molecule has 0 radical (unpaired) electrons. The summed E-state index contributed by atoms with van der Waals surface area (Å²) < 4.78 is 0. The molecule has 5 amide bonds. The van der Waals surface area contributed by atoms with Crippen molar-refractivity contribution < 1.29 is 14.4 Å². The summed E-state index contributed by atoms with van der Waals surface area (Å²) in [4.78, 5) is 36.7. The van der Waals surface area contributed by atoms with E-state index >= 15 is 0 Å².